The fourth-order valence-corrected chi connectivity index (χ4v) is 2.29. The molecule has 1 unspecified atom stereocenters. The van der Waals surface area contributed by atoms with E-state index in [1.807, 2.05) is 0 Å². The van der Waals surface area contributed by atoms with Crippen LogP contribution in [-0.2, 0) is 12.6 Å². The second kappa shape index (κ2) is 6.26. The Hall–Kier alpha value is -1.88. The van der Waals surface area contributed by atoms with Crippen molar-refractivity contribution in [3.63, 3.8) is 0 Å². The van der Waals surface area contributed by atoms with Crippen molar-refractivity contribution < 1.29 is 17.6 Å². The van der Waals surface area contributed by atoms with Crippen LogP contribution in [0.2, 0.25) is 0 Å². The molecule has 0 radical (unpaired) electrons. The van der Waals surface area contributed by atoms with E-state index in [-0.39, 0.29) is 24.7 Å². The van der Waals surface area contributed by atoms with Crippen molar-refractivity contribution in [3.8, 4) is 0 Å². The molecule has 112 valence electrons. The summed E-state index contributed by atoms with van der Waals surface area (Å²) in [5.74, 6) is -0.741. The van der Waals surface area contributed by atoms with Gasteiger partial charge in [-0.05, 0) is 36.2 Å². The third-order valence-corrected chi connectivity index (χ3v) is 3.37. The average Bonchev–Trinajstić information content (AvgIpc) is 2.45. The lowest BCUT2D eigenvalue weighted by Gasteiger charge is -2.17. The topological polar surface area (TPSA) is 26.0 Å². The van der Waals surface area contributed by atoms with Gasteiger partial charge in [0.15, 0.2) is 0 Å². The molecule has 0 fully saturated rings. The molecule has 0 spiro atoms. The lowest BCUT2D eigenvalue weighted by molar-refractivity contribution is -0.137. The lowest BCUT2D eigenvalue weighted by atomic mass is 9.91. The zero-order valence-electron chi connectivity index (χ0n) is 11.2. The van der Waals surface area contributed by atoms with Crippen molar-refractivity contribution >= 4 is 0 Å². The van der Waals surface area contributed by atoms with Gasteiger partial charge in [-0.1, -0.05) is 36.4 Å². The maximum Gasteiger partial charge on any atom is 0.416 e. The highest BCUT2D eigenvalue weighted by Crippen LogP contribution is 2.31. The van der Waals surface area contributed by atoms with Crippen LogP contribution in [0.15, 0.2) is 48.5 Å². The van der Waals surface area contributed by atoms with Crippen LogP contribution in [0.1, 0.15) is 22.6 Å². The Morgan fingerprint density at radius 1 is 1.00 bits per heavy atom. The predicted molar refractivity (Wildman–Crippen MR) is 73.3 cm³/mol. The first-order valence-electron chi connectivity index (χ1n) is 6.52. The standard InChI is InChI=1S/C16H15F4N/c17-15-7-2-1-6-14(15)12(10-21)8-11-4-3-5-13(9-11)16(18,19)20/h1-7,9,12H,8,10,21H2. The second-order valence-corrected chi connectivity index (χ2v) is 4.86. The van der Waals surface area contributed by atoms with Gasteiger partial charge >= 0.3 is 6.18 Å². The zero-order chi connectivity index (χ0) is 15.5. The Balaban J connectivity index is 2.26. The molecule has 2 aromatic rings. The third-order valence-electron chi connectivity index (χ3n) is 3.37. The van der Waals surface area contributed by atoms with Crippen LogP contribution in [0.5, 0.6) is 0 Å². The number of hydrogen-bond acceptors (Lipinski definition) is 1. The molecule has 2 aromatic carbocycles. The maximum absolute atomic E-state index is 13.8. The molecule has 0 aliphatic heterocycles. The highest BCUT2D eigenvalue weighted by atomic mass is 19.4. The van der Waals surface area contributed by atoms with Crippen molar-refractivity contribution in [3.05, 3.63) is 71.0 Å². The van der Waals surface area contributed by atoms with Gasteiger partial charge < -0.3 is 5.73 Å². The minimum Gasteiger partial charge on any atom is -0.330 e. The largest absolute Gasteiger partial charge is 0.416 e. The van der Waals surface area contributed by atoms with E-state index < -0.39 is 11.7 Å². The molecule has 0 saturated heterocycles. The Morgan fingerprint density at radius 2 is 1.71 bits per heavy atom. The monoisotopic (exact) mass is 297 g/mol. The minimum absolute atomic E-state index is 0.164. The molecule has 0 aliphatic carbocycles. The van der Waals surface area contributed by atoms with Crippen LogP contribution in [-0.4, -0.2) is 6.54 Å². The molecular weight excluding hydrogens is 282 g/mol. The van der Waals surface area contributed by atoms with Crippen LogP contribution in [0.25, 0.3) is 0 Å². The van der Waals surface area contributed by atoms with Crippen LogP contribution >= 0.6 is 0 Å². The molecule has 0 amide bonds. The van der Waals surface area contributed by atoms with Gasteiger partial charge in [-0.25, -0.2) is 4.39 Å². The molecule has 0 saturated carbocycles. The average molecular weight is 297 g/mol. The summed E-state index contributed by atoms with van der Waals surface area (Å²) < 4.78 is 51.8. The van der Waals surface area contributed by atoms with Gasteiger partial charge in [0.05, 0.1) is 5.56 Å². The molecular formula is C16H15F4N. The molecule has 0 heterocycles. The maximum atomic E-state index is 13.8. The van der Waals surface area contributed by atoms with E-state index in [9.17, 15) is 17.6 Å². The van der Waals surface area contributed by atoms with E-state index in [4.69, 9.17) is 5.73 Å². The molecule has 1 nitrogen and oxygen atoms in total. The van der Waals surface area contributed by atoms with Crippen molar-refractivity contribution in [2.24, 2.45) is 5.73 Å². The summed E-state index contributed by atoms with van der Waals surface area (Å²) >= 11 is 0. The first kappa shape index (κ1) is 15.5. The summed E-state index contributed by atoms with van der Waals surface area (Å²) in [6.07, 6.45) is -4.12. The molecule has 0 bridgehead atoms. The van der Waals surface area contributed by atoms with E-state index in [1.54, 1.807) is 24.3 Å². The lowest BCUT2D eigenvalue weighted by Crippen LogP contribution is -2.16. The molecule has 2 rings (SSSR count). The quantitative estimate of drug-likeness (QED) is 0.844. The van der Waals surface area contributed by atoms with Crippen molar-refractivity contribution in [1.82, 2.24) is 0 Å². The number of rotatable bonds is 4. The molecule has 2 N–H and O–H groups in total. The fraction of sp³-hybridized carbons (Fsp3) is 0.250. The molecule has 21 heavy (non-hydrogen) atoms. The van der Waals surface area contributed by atoms with Crippen LogP contribution < -0.4 is 5.73 Å². The van der Waals surface area contributed by atoms with Gasteiger partial charge in [0, 0.05) is 5.92 Å². The Kier molecular flexibility index (Phi) is 4.63. The number of alkyl halides is 3. The minimum atomic E-state index is -4.38. The summed E-state index contributed by atoms with van der Waals surface area (Å²) in [6, 6.07) is 11.2. The number of nitrogens with two attached hydrogens (primary N) is 1. The Labute approximate surface area is 120 Å². The number of hydrogen-bond donors (Lipinski definition) is 1. The molecule has 0 aromatic heterocycles. The first-order valence-corrected chi connectivity index (χ1v) is 6.52. The smallest absolute Gasteiger partial charge is 0.330 e. The highest BCUT2D eigenvalue weighted by Gasteiger charge is 2.30. The Bertz CT molecular complexity index is 607. The van der Waals surface area contributed by atoms with Crippen LogP contribution in [0, 0.1) is 5.82 Å². The van der Waals surface area contributed by atoms with Crippen molar-refractivity contribution in [1.29, 1.82) is 0 Å². The summed E-state index contributed by atoms with van der Waals surface area (Å²) in [6.45, 7) is 0.164. The van der Waals surface area contributed by atoms with Crippen LogP contribution in [0.4, 0.5) is 17.6 Å². The van der Waals surface area contributed by atoms with E-state index in [0.29, 0.717) is 11.1 Å². The second-order valence-electron chi connectivity index (χ2n) is 4.86. The normalized spacial score (nSPS) is 13.2. The summed E-state index contributed by atoms with van der Waals surface area (Å²) in [4.78, 5) is 0. The molecule has 1 atom stereocenters. The molecule has 5 heteroatoms. The predicted octanol–water partition coefficient (Wildman–Crippen LogP) is 4.13. The van der Waals surface area contributed by atoms with Crippen LogP contribution in [0.3, 0.4) is 0 Å². The number of benzene rings is 2. The van der Waals surface area contributed by atoms with Gasteiger partial charge in [0.1, 0.15) is 5.82 Å². The third kappa shape index (κ3) is 3.82. The van der Waals surface area contributed by atoms with E-state index in [0.717, 1.165) is 12.1 Å². The highest BCUT2D eigenvalue weighted by molar-refractivity contribution is 5.29. The van der Waals surface area contributed by atoms with Gasteiger partial charge in [0.2, 0.25) is 0 Å². The van der Waals surface area contributed by atoms with Gasteiger partial charge in [-0.2, -0.15) is 13.2 Å². The summed E-state index contributed by atoms with van der Waals surface area (Å²) in [5.41, 5.74) is 5.87. The van der Waals surface area contributed by atoms with Gasteiger partial charge in [-0.3, -0.25) is 0 Å². The van der Waals surface area contributed by atoms with Gasteiger partial charge in [0.25, 0.3) is 0 Å². The molecule has 0 aliphatic rings. The van der Waals surface area contributed by atoms with E-state index >= 15 is 0 Å². The summed E-state index contributed by atoms with van der Waals surface area (Å²) in [5, 5.41) is 0. The van der Waals surface area contributed by atoms with E-state index in [2.05, 4.69) is 0 Å². The fourth-order valence-electron chi connectivity index (χ4n) is 2.29. The number of halogens is 4. The Morgan fingerprint density at radius 3 is 2.33 bits per heavy atom. The van der Waals surface area contributed by atoms with Gasteiger partial charge in [-0.15, -0.1) is 0 Å². The SMILES string of the molecule is NCC(Cc1cccc(C(F)(F)F)c1)c1ccccc1F. The van der Waals surface area contributed by atoms with Crippen molar-refractivity contribution in [2.45, 2.75) is 18.5 Å². The summed E-state index contributed by atoms with van der Waals surface area (Å²) in [7, 11) is 0. The van der Waals surface area contributed by atoms with Crippen molar-refractivity contribution in [2.75, 3.05) is 6.54 Å². The zero-order valence-corrected chi connectivity index (χ0v) is 11.2. The first-order chi connectivity index (χ1) is 9.91. The van der Waals surface area contributed by atoms with E-state index in [1.165, 1.54) is 12.1 Å².